The Kier molecular flexibility index (Phi) is 3.10. The lowest BCUT2D eigenvalue weighted by Gasteiger charge is -2.42. The third-order valence-electron chi connectivity index (χ3n) is 2.50. The number of carbonyl (C=O) groups is 2. The fraction of sp³-hybridized carbons (Fsp3) is 0.778. The molecule has 5 heteroatoms. The molecule has 1 saturated carbocycles. The summed E-state index contributed by atoms with van der Waals surface area (Å²) in [6, 6.07) is 0.0200. The summed E-state index contributed by atoms with van der Waals surface area (Å²) in [5, 5.41) is 2.77. The van der Waals surface area contributed by atoms with E-state index in [9.17, 15) is 9.59 Å². The van der Waals surface area contributed by atoms with E-state index in [0.717, 1.165) is 0 Å². The molecule has 0 spiro atoms. The predicted octanol–water partition coefficient (Wildman–Crippen LogP) is -0.454. The zero-order valence-corrected chi connectivity index (χ0v) is 8.50. The number of hydrogen-bond donors (Lipinski definition) is 2. The van der Waals surface area contributed by atoms with Crippen molar-refractivity contribution < 1.29 is 14.3 Å². The van der Waals surface area contributed by atoms with Gasteiger partial charge in [-0.1, -0.05) is 6.92 Å². The van der Waals surface area contributed by atoms with Crippen LogP contribution in [-0.2, 0) is 14.3 Å². The lowest BCUT2D eigenvalue weighted by Crippen LogP contribution is -2.64. The summed E-state index contributed by atoms with van der Waals surface area (Å²) >= 11 is 0. The van der Waals surface area contributed by atoms with E-state index in [-0.39, 0.29) is 11.9 Å². The smallest absolute Gasteiger partial charge is 0.325 e. The zero-order chi connectivity index (χ0) is 10.8. The molecule has 80 valence electrons. The van der Waals surface area contributed by atoms with Gasteiger partial charge in [0.2, 0.25) is 5.91 Å². The molecule has 0 radical (unpaired) electrons. The number of methoxy groups -OCH3 is 1. The van der Waals surface area contributed by atoms with E-state index in [1.54, 1.807) is 6.92 Å². The second-order valence-electron chi connectivity index (χ2n) is 3.67. The Labute approximate surface area is 83.0 Å². The maximum absolute atomic E-state index is 11.2. The van der Waals surface area contributed by atoms with E-state index in [4.69, 9.17) is 5.73 Å². The molecule has 5 nitrogen and oxygen atoms in total. The number of rotatable bonds is 3. The molecule has 0 saturated heterocycles. The Hall–Kier alpha value is -1.10. The molecule has 1 amide bonds. The molecule has 3 N–H and O–H groups in total. The minimum Gasteiger partial charge on any atom is -0.468 e. The quantitative estimate of drug-likeness (QED) is 0.604. The molecular formula is C9H16N2O3. The van der Waals surface area contributed by atoms with E-state index in [1.807, 2.05) is 0 Å². The fourth-order valence-electron chi connectivity index (χ4n) is 1.62. The van der Waals surface area contributed by atoms with E-state index in [1.165, 1.54) is 7.11 Å². The highest BCUT2D eigenvalue weighted by molar-refractivity contribution is 5.83. The fourth-order valence-corrected chi connectivity index (χ4v) is 1.62. The van der Waals surface area contributed by atoms with Gasteiger partial charge in [-0.15, -0.1) is 0 Å². The number of nitrogens with two attached hydrogens (primary N) is 1. The van der Waals surface area contributed by atoms with Gasteiger partial charge in [-0.25, -0.2) is 0 Å². The van der Waals surface area contributed by atoms with Crippen LogP contribution < -0.4 is 11.1 Å². The van der Waals surface area contributed by atoms with Crippen molar-refractivity contribution in [2.75, 3.05) is 7.11 Å². The van der Waals surface area contributed by atoms with Gasteiger partial charge in [0.1, 0.15) is 5.54 Å². The van der Waals surface area contributed by atoms with Crippen molar-refractivity contribution in [3.63, 3.8) is 0 Å². The molecule has 1 rings (SSSR count). The minimum absolute atomic E-state index is 0.0121. The molecule has 0 aliphatic heterocycles. The van der Waals surface area contributed by atoms with Crippen molar-refractivity contribution in [3.05, 3.63) is 0 Å². The van der Waals surface area contributed by atoms with Crippen LogP contribution in [0.15, 0.2) is 0 Å². The summed E-state index contributed by atoms with van der Waals surface area (Å²) in [5.74, 6) is -0.415. The Morgan fingerprint density at radius 3 is 2.57 bits per heavy atom. The maximum atomic E-state index is 11.2. The van der Waals surface area contributed by atoms with E-state index >= 15 is 0 Å². The summed E-state index contributed by atoms with van der Waals surface area (Å²) in [6.07, 6.45) is 1.38. The van der Waals surface area contributed by atoms with Gasteiger partial charge in [-0.3, -0.25) is 9.59 Å². The minimum atomic E-state index is -0.888. The number of nitrogens with one attached hydrogen (secondary N) is 1. The van der Waals surface area contributed by atoms with Gasteiger partial charge in [0.15, 0.2) is 0 Å². The second-order valence-corrected chi connectivity index (χ2v) is 3.67. The third kappa shape index (κ3) is 2.04. The van der Waals surface area contributed by atoms with Crippen molar-refractivity contribution >= 4 is 11.9 Å². The van der Waals surface area contributed by atoms with Gasteiger partial charge < -0.3 is 15.8 Å². The number of hydrogen-bond acceptors (Lipinski definition) is 4. The second kappa shape index (κ2) is 3.96. The lowest BCUT2D eigenvalue weighted by molar-refractivity contribution is -0.152. The average molecular weight is 200 g/mol. The van der Waals surface area contributed by atoms with Crippen LogP contribution in [0.5, 0.6) is 0 Å². The molecular weight excluding hydrogens is 184 g/mol. The SMILES string of the molecule is CCC(=O)NC1CC(N)(C(=O)OC)C1. The van der Waals surface area contributed by atoms with Crippen LogP contribution >= 0.6 is 0 Å². The lowest BCUT2D eigenvalue weighted by atomic mass is 9.73. The first-order valence-corrected chi connectivity index (χ1v) is 4.68. The van der Waals surface area contributed by atoms with E-state index < -0.39 is 11.5 Å². The standard InChI is InChI=1S/C9H16N2O3/c1-3-7(12)11-6-4-9(10,5-6)8(13)14-2/h6H,3-5,10H2,1-2H3,(H,11,12). The van der Waals surface area contributed by atoms with Crippen LogP contribution in [0.4, 0.5) is 0 Å². The highest BCUT2D eigenvalue weighted by Crippen LogP contribution is 2.30. The molecule has 0 aromatic rings. The largest absolute Gasteiger partial charge is 0.468 e. The van der Waals surface area contributed by atoms with E-state index in [2.05, 4.69) is 10.1 Å². The molecule has 1 fully saturated rings. The van der Waals surface area contributed by atoms with Crippen molar-refractivity contribution in [1.29, 1.82) is 0 Å². The molecule has 0 bridgehead atoms. The van der Waals surface area contributed by atoms with Crippen molar-refractivity contribution in [2.45, 2.75) is 37.8 Å². The van der Waals surface area contributed by atoms with Gasteiger partial charge in [0, 0.05) is 12.5 Å². The molecule has 0 aromatic heterocycles. The molecule has 1 aliphatic rings. The molecule has 0 aromatic carbocycles. The van der Waals surface area contributed by atoms with Crippen LogP contribution in [0, 0.1) is 0 Å². The summed E-state index contributed by atoms with van der Waals surface area (Å²) in [6.45, 7) is 1.78. The Bertz CT molecular complexity index is 246. The summed E-state index contributed by atoms with van der Waals surface area (Å²) in [4.78, 5) is 22.2. The number of ether oxygens (including phenoxy) is 1. The topological polar surface area (TPSA) is 81.4 Å². The molecule has 0 heterocycles. The van der Waals surface area contributed by atoms with Gasteiger partial charge in [0.05, 0.1) is 7.11 Å². The first-order valence-electron chi connectivity index (χ1n) is 4.68. The first kappa shape index (κ1) is 11.0. The normalized spacial score (nSPS) is 30.4. The Morgan fingerprint density at radius 1 is 1.57 bits per heavy atom. The van der Waals surface area contributed by atoms with Gasteiger partial charge in [-0.05, 0) is 12.8 Å². The highest BCUT2D eigenvalue weighted by Gasteiger charge is 2.48. The Morgan fingerprint density at radius 2 is 2.14 bits per heavy atom. The van der Waals surface area contributed by atoms with Gasteiger partial charge in [0.25, 0.3) is 0 Å². The number of carbonyl (C=O) groups excluding carboxylic acids is 2. The van der Waals surface area contributed by atoms with Crippen LogP contribution in [0.25, 0.3) is 0 Å². The summed E-state index contributed by atoms with van der Waals surface area (Å²) in [7, 11) is 1.31. The average Bonchev–Trinajstić information content (AvgIpc) is 2.13. The molecule has 1 aliphatic carbocycles. The predicted molar refractivity (Wildman–Crippen MR) is 50.4 cm³/mol. The molecule has 0 unspecified atom stereocenters. The first-order chi connectivity index (χ1) is 6.51. The number of amides is 1. The molecule has 14 heavy (non-hydrogen) atoms. The third-order valence-corrected chi connectivity index (χ3v) is 2.50. The Balaban J connectivity index is 2.35. The van der Waals surface area contributed by atoms with Gasteiger partial charge >= 0.3 is 5.97 Å². The van der Waals surface area contributed by atoms with Crippen LogP contribution in [0.1, 0.15) is 26.2 Å². The van der Waals surface area contributed by atoms with Crippen molar-refractivity contribution in [2.24, 2.45) is 5.73 Å². The van der Waals surface area contributed by atoms with Crippen LogP contribution in [0.2, 0.25) is 0 Å². The summed E-state index contributed by atoms with van der Waals surface area (Å²) < 4.78 is 4.56. The van der Waals surface area contributed by atoms with Crippen LogP contribution in [0.3, 0.4) is 0 Å². The number of esters is 1. The monoisotopic (exact) mass is 200 g/mol. The zero-order valence-electron chi connectivity index (χ0n) is 8.50. The van der Waals surface area contributed by atoms with Crippen molar-refractivity contribution in [3.8, 4) is 0 Å². The highest BCUT2D eigenvalue weighted by atomic mass is 16.5. The summed E-state index contributed by atoms with van der Waals surface area (Å²) in [5.41, 5.74) is 4.85. The molecule has 0 atom stereocenters. The van der Waals surface area contributed by atoms with Crippen LogP contribution in [-0.4, -0.2) is 30.6 Å². The van der Waals surface area contributed by atoms with Crippen molar-refractivity contribution in [1.82, 2.24) is 5.32 Å². The maximum Gasteiger partial charge on any atom is 0.325 e. The van der Waals surface area contributed by atoms with E-state index in [0.29, 0.717) is 19.3 Å². The van der Waals surface area contributed by atoms with Gasteiger partial charge in [-0.2, -0.15) is 0 Å².